The van der Waals surface area contributed by atoms with E-state index in [9.17, 15) is 9.59 Å². The number of alkyl halides is 2. The highest BCUT2D eigenvalue weighted by Crippen LogP contribution is 2.27. The average molecular weight is 289 g/mol. The van der Waals surface area contributed by atoms with Gasteiger partial charge in [-0.05, 0) is 37.1 Å². The van der Waals surface area contributed by atoms with Crippen LogP contribution in [-0.4, -0.2) is 18.4 Å². The first-order valence-electron chi connectivity index (χ1n) is 5.51. The number of carbonyl (C=O) groups is 2. The van der Waals surface area contributed by atoms with Crippen LogP contribution >= 0.6 is 23.2 Å². The predicted octanol–water partition coefficient (Wildman–Crippen LogP) is 3.47. The van der Waals surface area contributed by atoms with Gasteiger partial charge in [0.1, 0.15) is 5.38 Å². The van der Waals surface area contributed by atoms with Crippen molar-refractivity contribution in [3.05, 3.63) is 34.9 Å². The Balaban J connectivity index is 3.11. The fourth-order valence-corrected chi connectivity index (χ4v) is 1.97. The van der Waals surface area contributed by atoms with Crippen LogP contribution in [0.2, 0.25) is 0 Å². The van der Waals surface area contributed by atoms with Crippen LogP contribution in [0.5, 0.6) is 0 Å². The summed E-state index contributed by atoms with van der Waals surface area (Å²) in [6.07, 6.45) is 0. The smallest absolute Gasteiger partial charge is 0.338 e. The lowest BCUT2D eigenvalue weighted by Crippen LogP contribution is -2.09. The van der Waals surface area contributed by atoms with E-state index in [-0.39, 0.29) is 11.7 Å². The van der Waals surface area contributed by atoms with Gasteiger partial charge >= 0.3 is 5.97 Å². The van der Waals surface area contributed by atoms with Crippen LogP contribution in [0, 0.1) is 0 Å². The lowest BCUT2D eigenvalue weighted by atomic mass is 10.0. The number of carbonyl (C=O) groups excluding carboxylic acids is 2. The molecule has 0 N–H and O–H groups in total. The molecule has 0 saturated heterocycles. The molecule has 0 saturated carbocycles. The Morgan fingerprint density at radius 1 is 1.39 bits per heavy atom. The van der Waals surface area contributed by atoms with Gasteiger partial charge in [-0.1, -0.05) is 6.07 Å². The second-order valence-corrected chi connectivity index (χ2v) is 4.44. The molecule has 1 rings (SSSR count). The van der Waals surface area contributed by atoms with E-state index < -0.39 is 11.3 Å². The van der Waals surface area contributed by atoms with Crippen molar-refractivity contribution >= 4 is 35.0 Å². The minimum atomic E-state index is -0.741. The van der Waals surface area contributed by atoms with E-state index >= 15 is 0 Å². The number of benzene rings is 1. The maximum Gasteiger partial charge on any atom is 0.338 e. The van der Waals surface area contributed by atoms with Gasteiger partial charge in [0.05, 0.1) is 12.2 Å². The van der Waals surface area contributed by atoms with E-state index in [4.69, 9.17) is 27.9 Å². The SMILES string of the molecule is CCOC(=O)c1ccc(C(Cl)C(C)=O)c(CCl)c1. The highest BCUT2D eigenvalue weighted by Gasteiger charge is 2.18. The zero-order valence-corrected chi connectivity index (χ0v) is 11.7. The molecule has 1 aromatic rings. The maximum absolute atomic E-state index is 11.6. The van der Waals surface area contributed by atoms with Crippen molar-refractivity contribution in [1.29, 1.82) is 0 Å². The van der Waals surface area contributed by atoms with Gasteiger partial charge in [-0.15, -0.1) is 23.2 Å². The summed E-state index contributed by atoms with van der Waals surface area (Å²) >= 11 is 11.8. The zero-order chi connectivity index (χ0) is 13.7. The Labute approximate surface area is 116 Å². The van der Waals surface area contributed by atoms with Gasteiger partial charge in [0.25, 0.3) is 0 Å². The number of ether oxygens (including phenoxy) is 1. The van der Waals surface area contributed by atoms with Crippen molar-refractivity contribution < 1.29 is 14.3 Å². The van der Waals surface area contributed by atoms with Crippen molar-refractivity contribution in [2.24, 2.45) is 0 Å². The molecule has 0 aliphatic carbocycles. The summed E-state index contributed by atoms with van der Waals surface area (Å²) in [5, 5.41) is -0.741. The van der Waals surface area contributed by atoms with E-state index in [1.165, 1.54) is 6.92 Å². The molecule has 0 aromatic heterocycles. The molecule has 1 aromatic carbocycles. The quantitative estimate of drug-likeness (QED) is 0.615. The summed E-state index contributed by atoms with van der Waals surface area (Å²) in [5.74, 6) is -0.393. The molecular weight excluding hydrogens is 275 g/mol. The number of hydrogen-bond acceptors (Lipinski definition) is 3. The van der Waals surface area contributed by atoms with Gasteiger partial charge in [0.2, 0.25) is 0 Å². The molecule has 1 atom stereocenters. The van der Waals surface area contributed by atoms with Crippen LogP contribution in [0.15, 0.2) is 18.2 Å². The van der Waals surface area contributed by atoms with Gasteiger partial charge in [0, 0.05) is 5.88 Å². The first-order chi connectivity index (χ1) is 8.51. The number of rotatable bonds is 5. The van der Waals surface area contributed by atoms with Gasteiger partial charge in [-0.2, -0.15) is 0 Å². The molecule has 5 heteroatoms. The fraction of sp³-hybridized carbons (Fsp3) is 0.385. The highest BCUT2D eigenvalue weighted by molar-refractivity contribution is 6.31. The van der Waals surface area contributed by atoms with Gasteiger partial charge in [0.15, 0.2) is 5.78 Å². The second kappa shape index (κ2) is 6.76. The van der Waals surface area contributed by atoms with E-state index in [0.29, 0.717) is 23.3 Å². The monoisotopic (exact) mass is 288 g/mol. The normalized spacial score (nSPS) is 12.0. The Morgan fingerprint density at radius 3 is 2.56 bits per heavy atom. The summed E-state index contributed by atoms with van der Waals surface area (Å²) in [6, 6.07) is 4.84. The van der Waals surface area contributed by atoms with Crippen LogP contribution in [0.1, 0.15) is 40.7 Å². The van der Waals surface area contributed by atoms with Gasteiger partial charge in [-0.25, -0.2) is 4.79 Å². The molecule has 0 spiro atoms. The number of hydrogen-bond donors (Lipinski definition) is 0. The van der Waals surface area contributed by atoms with Crippen LogP contribution < -0.4 is 0 Å². The molecule has 0 aliphatic rings. The summed E-state index contributed by atoms with van der Waals surface area (Å²) in [6.45, 7) is 3.45. The summed E-state index contributed by atoms with van der Waals surface area (Å²) < 4.78 is 4.89. The minimum Gasteiger partial charge on any atom is -0.462 e. The van der Waals surface area contributed by atoms with Gasteiger partial charge in [-0.3, -0.25) is 4.79 Å². The minimum absolute atomic E-state index is 0.160. The standard InChI is InChI=1S/C13H14Cl2O3/c1-3-18-13(17)9-4-5-11(10(6-9)7-14)12(15)8(2)16/h4-6,12H,3,7H2,1-2H3. The lowest BCUT2D eigenvalue weighted by molar-refractivity contribution is -0.116. The summed E-state index contributed by atoms with van der Waals surface area (Å²) in [7, 11) is 0. The van der Waals surface area contributed by atoms with Crippen LogP contribution in [-0.2, 0) is 15.4 Å². The Kier molecular flexibility index (Phi) is 5.63. The van der Waals surface area contributed by atoms with Crippen molar-refractivity contribution in [3.8, 4) is 0 Å². The topological polar surface area (TPSA) is 43.4 Å². The van der Waals surface area contributed by atoms with Crippen molar-refractivity contribution in [2.75, 3.05) is 6.61 Å². The molecule has 0 aliphatic heterocycles. The van der Waals surface area contributed by atoms with E-state index in [1.54, 1.807) is 25.1 Å². The van der Waals surface area contributed by atoms with Crippen molar-refractivity contribution in [2.45, 2.75) is 25.1 Å². The molecular formula is C13H14Cl2O3. The van der Waals surface area contributed by atoms with Crippen molar-refractivity contribution in [1.82, 2.24) is 0 Å². The number of halogens is 2. The molecule has 0 heterocycles. The molecule has 18 heavy (non-hydrogen) atoms. The van der Waals surface area contributed by atoms with Gasteiger partial charge < -0.3 is 4.74 Å². The fourth-order valence-electron chi connectivity index (χ4n) is 1.53. The van der Waals surface area contributed by atoms with Crippen LogP contribution in [0.25, 0.3) is 0 Å². The summed E-state index contributed by atoms with van der Waals surface area (Å²) in [4.78, 5) is 22.8. The third-order valence-corrected chi connectivity index (χ3v) is 3.26. The molecule has 3 nitrogen and oxygen atoms in total. The number of esters is 1. The van der Waals surface area contributed by atoms with E-state index in [0.717, 1.165) is 0 Å². The Hall–Kier alpha value is -1.06. The highest BCUT2D eigenvalue weighted by atomic mass is 35.5. The Morgan fingerprint density at radius 2 is 2.06 bits per heavy atom. The predicted molar refractivity (Wildman–Crippen MR) is 71.2 cm³/mol. The lowest BCUT2D eigenvalue weighted by Gasteiger charge is -2.12. The van der Waals surface area contributed by atoms with Crippen LogP contribution in [0.3, 0.4) is 0 Å². The largest absolute Gasteiger partial charge is 0.462 e. The molecule has 1 unspecified atom stereocenters. The molecule has 98 valence electrons. The molecule has 0 bridgehead atoms. The second-order valence-electron chi connectivity index (χ2n) is 3.74. The molecule has 0 radical (unpaired) electrons. The summed E-state index contributed by atoms with van der Waals surface area (Å²) in [5.41, 5.74) is 1.70. The van der Waals surface area contributed by atoms with Crippen molar-refractivity contribution in [3.63, 3.8) is 0 Å². The Bertz CT molecular complexity index is 458. The maximum atomic E-state index is 11.6. The first kappa shape index (κ1) is 15.0. The van der Waals surface area contributed by atoms with E-state index in [2.05, 4.69) is 0 Å². The van der Waals surface area contributed by atoms with Crippen LogP contribution in [0.4, 0.5) is 0 Å². The molecule has 0 fully saturated rings. The third-order valence-electron chi connectivity index (χ3n) is 2.43. The number of ketones is 1. The van der Waals surface area contributed by atoms with E-state index in [1.807, 2.05) is 0 Å². The average Bonchev–Trinajstić information content (AvgIpc) is 2.37. The third kappa shape index (κ3) is 3.47. The zero-order valence-electron chi connectivity index (χ0n) is 10.2. The molecule has 0 amide bonds. The number of Topliss-reactive ketones (excluding diaryl/α,β-unsaturated/α-hetero) is 1. The first-order valence-corrected chi connectivity index (χ1v) is 6.48.